The zero-order chi connectivity index (χ0) is 13.8. The van der Waals surface area contributed by atoms with Crippen molar-refractivity contribution in [2.24, 2.45) is 12.2 Å². The van der Waals surface area contributed by atoms with E-state index in [1.807, 2.05) is 19.1 Å². The summed E-state index contributed by atoms with van der Waals surface area (Å²) in [6, 6.07) is 5.45. The Morgan fingerprint density at radius 2 is 2.26 bits per heavy atom. The highest BCUT2D eigenvalue weighted by Crippen LogP contribution is 2.17. The van der Waals surface area contributed by atoms with Crippen LogP contribution in [0.25, 0.3) is 5.69 Å². The molecule has 1 heterocycles. The highest BCUT2D eigenvalue weighted by molar-refractivity contribution is 5.48. The van der Waals surface area contributed by atoms with Gasteiger partial charge in [-0.2, -0.15) is 9.36 Å². The highest BCUT2D eigenvalue weighted by atomic mass is 16.5. The monoisotopic (exact) mass is 263 g/mol. The normalized spacial score (nSPS) is 11.1. The average Bonchev–Trinajstić information content (AvgIpc) is 2.72. The van der Waals surface area contributed by atoms with Gasteiger partial charge in [0.2, 0.25) is 6.40 Å². The highest BCUT2D eigenvalue weighted by Gasteiger charge is 2.12. The molecule has 0 saturated heterocycles. The van der Waals surface area contributed by atoms with Gasteiger partial charge in [0.15, 0.2) is 0 Å². The third-order valence-corrected chi connectivity index (χ3v) is 2.68. The van der Waals surface area contributed by atoms with Crippen molar-refractivity contribution in [3.8, 4) is 5.69 Å². The molecular formula is C11H13N5O3. The van der Waals surface area contributed by atoms with Crippen LogP contribution in [0.15, 0.2) is 28.1 Å². The third kappa shape index (κ3) is 2.46. The van der Waals surface area contributed by atoms with Gasteiger partial charge in [-0.25, -0.2) is 4.79 Å². The van der Waals surface area contributed by atoms with Gasteiger partial charge in [-0.1, -0.05) is 17.3 Å². The van der Waals surface area contributed by atoms with Crippen LogP contribution >= 0.6 is 0 Å². The van der Waals surface area contributed by atoms with Gasteiger partial charge in [0.05, 0.1) is 5.69 Å². The molecule has 8 nitrogen and oxygen atoms in total. The van der Waals surface area contributed by atoms with Crippen molar-refractivity contribution in [1.29, 1.82) is 0 Å². The van der Waals surface area contributed by atoms with Crippen LogP contribution in [0.3, 0.4) is 0 Å². The molecule has 8 heteroatoms. The van der Waals surface area contributed by atoms with Gasteiger partial charge < -0.3 is 9.94 Å². The molecule has 0 spiro atoms. The first kappa shape index (κ1) is 12.8. The second kappa shape index (κ2) is 5.34. The second-order valence-electron chi connectivity index (χ2n) is 3.90. The fraction of sp³-hybridized carbons (Fsp3) is 0.273. The molecule has 0 bridgehead atoms. The van der Waals surface area contributed by atoms with Crippen molar-refractivity contribution in [3.63, 3.8) is 0 Å². The number of oxime groups is 1. The van der Waals surface area contributed by atoms with Gasteiger partial charge >= 0.3 is 5.69 Å². The molecule has 1 aromatic carbocycles. The van der Waals surface area contributed by atoms with Crippen LogP contribution in [0.5, 0.6) is 0 Å². The van der Waals surface area contributed by atoms with Gasteiger partial charge in [0.25, 0.3) is 0 Å². The summed E-state index contributed by atoms with van der Waals surface area (Å²) in [6.07, 6.45) is 0.926. The average molecular weight is 263 g/mol. The van der Waals surface area contributed by atoms with E-state index in [0.29, 0.717) is 5.69 Å². The van der Waals surface area contributed by atoms with E-state index in [1.165, 1.54) is 11.7 Å². The van der Waals surface area contributed by atoms with E-state index >= 15 is 0 Å². The van der Waals surface area contributed by atoms with E-state index in [9.17, 15) is 4.79 Å². The van der Waals surface area contributed by atoms with Crippen molar-refractivity contribution in [3.05, 3.63) is 39.8 Å². The van der Waals surface area contributed by atoms with Crippen molar-refractivity contribution in [2.75, 3.05) is 0 Å². The summed E-state index contributed by atoms with van der Waals surface area (Å²) in [6.45, 7) is 2.05. The molecule has 100 valence electrons. The van der Waals surface area contributed by atoms with Crippen molar-refractivity contribution < 1.29 is 9.94 Å². The topological polar surface area (TPSA) is 94.5 Å². The van der Waals surface area contributed by atoms with Crippen LogP contribution in [0.1, 0.15) is 11.1 Å². The lowest BCUT2D eigenvalue weighted by molar-refractivity contribution is 0.260. The van der Waals surface area contributed by atoms with E-state index in [0.717, 1.165) is 22.2 Å². The number of rotatable bonds is 4. The lowest BCUT2D eigenvalue weighted by atomic mass is 10.1. The van der Waals surface area contributed by atoms with Gasteiger partial charge in [-0.05, 0) is 29.0 Å². The predicted octanol–water partition coefficient (Wildman–Crippen LogP) is 0.209. The Kier molecular flexibility index (Phi) is 3.60. The molecule has 0 aliphatic heterocycles. The van der Waals surface area contributed by atoms with E-state index in [4.69, 9.17) is 9.94 Å². The largest absolute Gasteiger partial charge is 0.476 e. The van der Waals surface area contributed by atoms with Crippen LogP contribution in [0.2, 0.25) is 0 Å². The Labute approximate surface area is 108 Å². The number of hydrogen-bond acceptors (Lipinski definition) is 6. The zero-order valence-corrected chi connectivity index (χ0v) is 10.5. The molecule has 0 fully saturated rings. The number of benzene rings is 1. The molecule has 0 unspecified atom stereocenters. The predicted molar refractivity (Wildman–Crippen MR) is 66.4 cm³/mol. The molecule has 0 amide bonds. The van der Waals surface area contributed by atoms with Gasteiger partial charge in [0.1, 0.15) is 6.61 Å². The Balaban J connectivity index is 2.48. The number of hydrogen-bond donors (Lipinski definition) is 1. The zero-order valence-electron chi connectivity index (χ0n) is 10.5. The number of aromatic nitrogens is 4. The van der Waals surface area contributed by atoms with Crippen LogP contribution in [0.4, 0.5) is 0 Å². The second-order valence-corrected chi connectivity index (χ2v) is 3.90. The van der Waals surface area contributed by atoms with Crippen molar-refractivity contribution in [1.82, 2.24) is 19.8 Å². The maximum atomic E-state index is 11.9. The standard InChI is InChI=1S/C11H13N5O3/c1-8-4-3-5-10(9(8)6-19-7-12-18)16-11(17)15(2)13-14-16/h3-5,7,18H,6H2,1-2H3/b12-7-. The summed E-state index contributed by atoms with van der Waals surface area (Å²) in [7, 11) is 1.52. The molecule has 0 aliphatic carbocycles. The Morgan fingerprint density at radius 1 is 1.47 bits per heavy atom. The number of nitrogens with zero attached hydrogens (tertiary/aromatic N) is 5. The van der Waals surface area contributed by atoms with Crippen molar-refractivity contribution in [2.45, 2.75) is 13.5 Å². The maximum Gasteiger partial charge on any atom is 0.368 e. The van der Waals surface area contributed by atoms with E-state index in [1.54, 1.807) is 6.07 Å². The summed E-state index contributed by atoms with van der Waals surface area (Å²) >= 11 is 0. The Bertz CT molecular complexity index is 659. The molecule has 2 aromatic rings. The fourth-order valence-electron chi connectivity index (χ4n) is 1.69. The molecule has 19 heavy (non-hydrogen) atoms. The molecule has 0 atom stereocenters. The van der Waals surface area contributed by atoms with E-state index in [2.05, 4.69) is 15.6 Å². The number of tetrazole rings is 1. The summed E-state index contributed by atoms with van der Waals surface area (Å²) < 4.78 is 7.38. The summed E-state index contributed by atoms with van der Waals surface area (Å²) in [5.41, 5.74) is 1.94. The van der Waals surface area contributed by atoms with Gasteiger partial charge in [0, 0.05) is 12.6 Å². The van der Waals surface area contributed by atoms with Crippen LogP contribution < -0.4 is 5.69 Å². The molecule has 0 aliphatic rings. The van der Waals surface area contributed by atoms with E-state index < -0.39 is 0 Å². The quantitative estimate of drug-likeness (QED) is 0.368. The Morgan fingerprint density at radius 3 is 2.89 bits per heavy atom. The lowest BCUT2D eigenvalue weighted by Gasteiger charge is -2.10. The van der Waals surface area contributed by atoms with Crippen molar-refractivity contribution >= 4 is 6.40 Å². The maximum absolute atomic E-state index is 11.9. The summed E-state index contributed by atoms with van der Waals surface area (Å²) in [5.74, 6) is 0. The molecular weight excluding hydrogens is 250 g/mol. The fourth-order valence-corrected chi connectivity index (χ4v) is 1.69. The number of aryl methyl sites for hydroxylation is 2. The molecule has 0 saturated carbocycles. The minimum absolute atomic E-state index is 0.162. The summed E-state index contributed by atoms with van der Waals surface area (Å²) in [4.78, 5) is 11.9. The molecule has 1 aromatic heterocycles. The van der Waals surface area contributed by atoms with E-state index in [-0.39, 0.29) is 12.3 Å². The molecule has 0 radical (unpaired) electrons. The first-order valence-electron chi connectivity index (χ1n) is 5.50. The van der Waals surface area contributed by atoms with Gasteiger partial charge in [-0.3, -0.25) is 0 Å². The van der Waals surface area contributed by atoms with Crippen LogP contribution in [0, 0.1) is 6.92 Å². The smallest absolute Gasteiger partial charge is 0.368 e. The minimum Gasteiger partial charge on any atom is -0.476 e. The van der Waals surface area contributed by atoms with Crippen LogP contribution in [-0.2, 0) is 18.4 Å². The Hall–Kier alpha value is -2.64. The molecule has 1 N–H and O–H groups in total. The molecule has 2 rings (SSSR count). The van der Waals surface area contributed by atoms with Gasteiger partial charge in [-0.15, -0.1) is 0 Å². The van der Waals surface area contributed by atoms with Crippen LogP contribution in [-0.4, -0.2) is 31.4 Å². The lowest BCUT2D eigenvalue weighted by Crippen LogP contribution is -2.23. The number of ether oxygens (including phenoxy) is 1. The first-order valence-corrected chi connectivity index (χ1v) is 5.50. The summed E-state index contributed by atoms with van der Waals surface area (Å²) in [5, 5.41) is 18.5. The minimum atomic E-state index is -0.345. The SMILES string of the molecule is Cc1cccc(-n2nnn(C)c2=O)c1CO/C=N\O. The third-order valence-electron chi connectivity index (χ3n) is 2.68. The first-order chi connectivity index (χ1) is 9.15.